The highest BCUT2D eigenvalue weighted by Crippen LogP contribution is 2.20. The van der Waals surface area contributed by atoms with Crippen LogP contribution in [0.5, 0.6) is 0 Å². The predicted molar refractivity (Wildman–Crippen MR) is 65.1 cm³/mol. The van der Waals surface area contributed by atoms with Crippen molar-refractivity contribution in [1.82, 2.24) is 4.90 Å². The molecule has 17 heavy (non-hydrogen) atoms. The Morgan fingerprint density at radius 1 is 1.41 bits per heavy atom. The normalized spacial score (nSPS) is 9.59. The van der Waals surface area contributed by atoms with Crippen LogP contribution in [-0.4, -0.2) is 37.6 Å². The maximum atomic E-state index is 11.7. The van der Waals surface area contributed by atoms with Gasteiger partial charge in [-0.3, -0.25) is 4.79 Å². The van der Waals surface area contributed by atoms with Crippen molar-refractivity contribution in [2.75, 3.05) is 26.0 Å². The molecule has 0 spiro atoms. The summed E-state index contributed by atoms with van der Waals surface area (Å²) in [6.07, 6.45) is 0. The Hall–Kier alpha value is -1.75. The number of esters is 1. The molecular weight excluding hydrogens is 244 g/mol. The number of amides is 2. The van der Waals surface area contributed by atoms with E-state index in [2.05, 4.69) is 10.1 Å². The van der Waals surface area contributed by atoms with E-state index in [0.29, 0.717) is 10.7 Å². The Morgan fingerprint density at radius 2 is 2.06 bits per heavy atom. The zero-order chi connectivity index (χ0) is 12.8. The van der Waals surface area contributed by atoms with Gasteiger partial charge in [-0.2, -0.15) is 0 Å². The van der Waals surface area contributed by atoms with E-state index in [1.54, 1.807) is 24.3 Å². The average molecular weight is 257 g/mol. The fourth-order valence-corrected chi connectivity index (χ4v) is 1.29. The van der Waals surface area contributed by atoms with E-state index in [4.69, 9.17) is 11.6 Å². The molecule has 0 aliphatic heterocycles. The number of rotatable bonds is 3. The van der Waals surface area contributed by atoms with E-state index in [1.165, 1.54) is 19.1 Å². The molecular formula is C11H13ClN2O3. The van der Waals surface area contributed by atoms with Crippen LogP contribution in [0.1, 0.15) is 0 Å². The quantitative estimate of drug-likeness (QED) is 0.842. The maximum Gasteiger partial charge on any atom is 0.325 e. The lowest BCUT2D eigenvalue weighted by Crippen LogP contribution is -2.36. The molecule has 1 aromatic carbocycles. The fourth-order valence-electron chi connectivity index (χ4n) is 1.10. The summed E-state index contributed by atoms with van der Waals surface area (Å²) in [5.41, 5.74) is 0.496. The predicted octanol–water partition coefficient (Wildman–Crippen LogP) is 1.98. The molecule has 0 aliphatic carbocycles. The van der Waals surface area contributed by atoms with Crippen LogP contribution < -0.4 is 5.32 Å². The molecule has 0 bridgehead atoms. The van der Waals surface area contributed by atoms with Gasteiger partial charge in [-0.25, -0.2) is 4.79 Å². The maximum absolute atomic E-state index is 11.7. The minimum atomic E-state index is -0.484. The van der Waals surface area contributed by atoms with Crippen molar-refractivity contribution in [3.8, 4) is 0 Å². The Morgan fingerprint density at radius 3 is 2.65 bits per heavy atom. The van der Waals surface area contributed by atoms with E-state index in [0.717, 1.165) is 0 Å². The van der Waals surface area contributed by atoms with Crippen LogP contribution in [0.3, 0.4) is 0 Å². The summed E-state index contributed by atoms with van der Waals surface area (Å²) in [4.78, 5) is 23.8. The molecule has 1 aromatic rings. The summed E-state index contributed by atoms with van der Waals surface area (Å²) in [5, 5.41) is 3.02. The molecule has 0 fully saturated rings. The number of carbonyl (C=O) groups is 2. The molecule has 0 heterocycles. The first kappa shape index (κ1) is 13.3. The van der Waals surface area contributed by atoms with Gasteiger partial charge < -0.3 is 15.0 Å². The first-order valence-corrected chi connectivity index (χ1v) is 5.26. The number of anilines is 1. The number of nitrogens with zero attached hydrogens (tertiary/aromatic N) is 1. The number of urea groups is 1. The first-order chi connectivity index (χ1) is 8.04. The van der Waals surface area contributed by atoms with Gasteiger partial charge in [-0.15, -0.1) is 0 Å². The minimum Gasteiger partial charge on any atom is -0.468 e. The van der Waals surface area contributed by atoms with Gasteiger partial charge in [0.1, 0.15) is 6.54 Å². The van der Waals surface area contributed by atoms with Crippen molar-refractivity contribution in [3.63, 3.8) is 0 Å². The average Bonchev–Trinajstić information content (AvgIpc) is 2.31. The van der Waals surface area contributed by atoms with E-state index >= 15 is 0 Å². The molecule has 2 amide bonds. The Kier molecular flexibility index (Phi) is 4.78. The second-order valence-electron chi connectivity index (χ2n) is 3.34. The lowest BCUT2D eigenvalue weighted by atomic mass is 10.3. The highest BCUT2D eigenvalue weighted by molar-refractivity contribution is 6.33. The van der Waals surface area contributed by atoms with Gasteiger partial charge in [0.05, 0.1) is 17.8 Å². The number of halogens is 1. The smallest absolute Gasteiger partial charge is 0.325 e. The van der Waals surface area contributed by atoms with Gasteiger partial charge in [-0.1, -0.05) is 23.7 Å². The molecule has 0 unspecified atom stereocenters. The molecule has 6 heteroatoms. The van der Waals surface area contributed by atoms with Crippen molar-refractivity contribution >= 4 is 29.3 Å². The summed E-state index contributed by atoms with van der Waals surface area (Å²) in [5.74, 6) is -0.484. The number of ether oxygens (including phenoxy) is 1. The molecule has 5 nitrogen and oxygen atoms in total. The lowest BCUT2D eigenvalue weighted by molar-refractivity contribution is -0.140. The molecule has 0 aromatic heterocycles. The number of likely N-dealkylation sites (N-methyl/N-ethyl adjacent to an activating group) is 1. The summed E-state index contributed by atoms with van der Waals surface area (Å²) in [7, 11) is 2.76. The van der Waals surface area contributed by atoms with Gasteiger partial charge in [0.25, 0.3) is 0 Å². The largest absolute Gasteiger partial charge is 0.468 e. The molecule has 92 valence electrons. The standard InChI is InChI=1S/C11H13ClN2O3/c1-14(7-10(15)17-2)11(16)13-9-6-4-3-5-8(9)12/h3-6H,7H2,1-2H3,(H,13,16). The van der Waals surface area contributed by atoms with E-state index in [1.807, 2.05) is 0 Å². The Labute approximate surface area is 104 Å². The summed E-state index contributed by atoms with van der Waals surface area (Å²) in [6.45, 7) is -0.118. The number of carbonyl (C=O) groups excluding carboxylic acids is 2. The van der Waals surface area contributed by atoms with Crippen LogP contribution in [-0.2, 0) is 9.53 Å². The summed E-state index contributed by atoms with van der Waals surface area (Å²) < 4.78 is 4.46. The van der Waals surface area contributed by atoms with Crippen LogP contribution >= 0.6 is 11.6 Å². The van der Waals surface area contributed by atoms with Crippen LogP contribution in [0.25, 0.3) is 0 Å². The summed E-state index contributed by atoms with van der Waals surface area (Å²) in [6, 6.07) is 6.42. The molecule has 0 saturated carbocycles. The van der Waals surface area contributed by atoms with Gasteiger partial charge in [0.2, 0.25) is 0 Å². The number of hydrogen-bond donors (Lipinski definition) is 1. The van der Waals surface area contributed by atoms with Crippen LogP contribution in [0, 0.1) is 0 Å². The molecule has 0 aliphatic rings. The highest BCUT2D eigenvalue weighted by atomic mass is 35.5. The van der Waals surface area contributed by atoms with Crippen molar-refractivity contribution in [2.24, 2.45) is 0 Å². The second-order valence-corrected chi connectivity index (χ2v) is 3.75. The fraction of sp³-hybridized carbons (Fsp3) is 0.273. The van der Waals surface area contributed by atoms with Crippen LogP contribution in [0.2, 0.25) is 5.02 Å². The SMILES string of the molecule is COC(=O)CN(C)C(=O)Nc1ccccc1Cl. The topological polar surface area (TPSA) is 58.6 Å². The number of benzene rings is 1. The number of para-hydroxylation sites is 1. The van der Waals surface area contributed by atoms with E-state index < -0.39 is 12.0 Å². The number of methoxy groups -OCH3 is 1. The molecule has 0 saturated heterocycles. The third kappa shape index (κ3) is 3.96. The van der Waals surface area contributed by atoms with Crippen LogP contribution in [0.15, 0.2) is 24.3 Å². The van der Waals surface area contributed by atoms with Gasteiger partial charge in [-0.05, 0) is 12.1 Å². The minimum absolute atomic E-state index is 0.118. The van der Waals surface area contributed by atoms with E-state index in [-0.39, 0.29) is 6.54 Å². The molecule has 1 rings (SSSR count). The van der Waals surface area contributed by atoms with Crippen molar-refractivity contribution < 1.29 is 14.3 Å². The first-order valence-electron chi connectivity index (χ1n) is 4.88. The number of nitrogens with one attached hydrogen (secondary N) is 1. The molecule has 1 N–H and O–H groups in total. The monoisotopic (exact) mass is 256 g/mol. The third-order valence-electron chi connectivity index (χ3n) is 2.06. The molecule has 0 atom stereocenters. The lowest BCUT2D eigenvalue weighted by Gasteiger charge is -2.16. The number of hydrogen-bond acceptors (Lipinski definition) is 3. The zero-order valence-electron chi connectivity index (χ0n) is 9.57. The Balaban J connectivity index is 2.60. The van der Waals surface area contributed by atoms with Crippen molar-refractivity contribution in [1.29, 1.82) is 0 Å². The Bertz CT molecular complexity index is 423. The van der Waals surface area contributed by atoms with Gasteiger partial charge in [0.15, 0.2) is 0 Å². The van der Waals surface area contributed by atoms with E-state index in [9.17, 15) is 9.59 Å². The van der Waals surface area contributed by atoms with Crippen molar-refractivity contribution in [2.45, 2.75) is 0 Å². The highest BCUT2D eigenvalue weighted by Gasteiger charge is 2.13. The zero-order valence-corrected chi connectivity index (χ0v) is 10.3. The van der Waals surface area contributed by atoms with Gasteiger partial charge >= 0.3 is 12.0 Å². The van der Waals surface area contributed by atoms with Gasteiger partial charge in [0, 0.05) is 7.05 Å². The van der Waals surface area contributed by atoms with Crippen molar-refractivity contribution in [3.05, 3.63) is 29.3 Å². The van der Waals surface area contributed by atoms with Crippen LogP contribution in [0.4, 0.5) is 10.5 Å². The summed E-state index contributed by atoms with van der Waals surface area (Å²) >= 11 is 5.88. The third-order valence-corrected chi connectivity index (χ3v) is 2.39. The second kappa shape index (κ2) is 6.10. The molecule has 0 radical (unpaired) electrons.